The first-order chi connectivity index (χ1) is 9.15. The summed E-state index contributed by atoms with van der Waals surface area (Å²) in [5.41, 5.74) is 1.04. The molecule has 0 aliphatic rings. The molecule has 0 aliphatic carbocycles. The van der Waals surface area contributed by atoms with Crippen LogP contribution in [0.5, 0.6) is 0 Å². The van der Waals surface area contributed by atoms with Crippen molar-refractivity contribution in [2.24, 2.45) is 0 Å². The summed E-state index contributed by atoms with van der Waals surface area (Å²) in [5, 5.41) is 13.7. The molecule has 0 amide bonds. The Hall–Kier alpha value is -1.38. The number of nitro benzene ring substituents is 1. The number of hydrogen-bond donors (Lipinski definition) is 1. The molecule has 0 fully saturated rings. The van der Waals surface area contributed by atoms with Gasteiger partial charge in [-0.25, -0.2) is 12.7 Å². The van der Waals surface area contributed by atoms with E-state index in [9.17, 15) is 18.5 Å². The highest BCUT2D eigenvalue weighted by Crippen LogP contribution is 2.30. The molecule has 0 aliphatic heterocycles. The van der Waals surface area contributed by atoms with Gasteiger partial charge in [-0.05, 0) is 18.6 Å². The van der Waals surface area contributed by atoms with Crippen LogP contribution >= 0.6 is 11.6 Å². The number of aryl methyl sites for hydroxylation is 1. The predicted molar refractivity (Wildman–Crippen MR) is 78.8 cm³/mol. The summed E-state index contributed by atoms with van der Waals surface area (Å²) in [6.45, 7) is 1.88. The second kappa shape index (κ2) is 6.38. The van der Waals surface area contributed by atoms with Gasteiger partial charge in [-0.3, -0.25) is 10.1 Å². The van der Waals surface area contributed by atoms with E-state index in [4.69, 9.17) is 11.6 Å². The zero-order valence-corrected chi connectivity index (χ0v) is 13.0. The van der Waals surface area contributed by atoms with Crippen LogP contribution in [-0.2, 0) is 10.0 Å². The molecule has 0 spiro atoms. The highest BCUT2D eigenvalue weighted by molar-refractivity contribution is 7.89. The van der Waals surface area contributed by atoms with Gasteiger partial charge in [0.25, 0.3) is 5.69 Å². The number of benzene rings is 1. The number of nitro groups is 1. The highest BCUT2D eigenvalue weighted by atomic mass is 35.5. The second-order valence-electron chi connectivity index (χ2n) is 4.40. The summed E-state index contributed by atoms with van der Waals surface area (Å²) < 4.78 is 24.3. The van der Waals surface area contributed by atoms with Crippen molar-refractivity contribution in [3.8, 4) is 0 Å². The van der Waals surface area contributed by atoms with Gasteiger partial charge in [0.05, 0.1) is 10.7 Å². The molecule has 0 heterocycles. The molecule has 0 atom stereocenters. The van der Waals surface area contributed by atoms with Gasteiger partial charge in [-0.2, -0.15) is 0 Å². The molecule has 0 unspecified atom stereocenters. The lowest BCUT2D eigenvalue weighted by molar-refractivity contribution is -0.384. The summed E-state index contributed by atoms with van der Waals surface area (Å²) >= 11 is 5.81. The smallest absolute Gasteiger partial charge is 0.288 e. The first kappa shape index (κ1) is 16.7. The normalized spacial score (nSPS) is 11.7. The molecule has 0 saturated carbocycles. The molecular formula is C11H16ClN3O4S. The van der Waals surface area contributed by atoms with Crippen LogP contribution in [0.4, 0.5) is 11.4 Å². The van der Waals surface area contributed by atoms with Gasteiger partial charge >= 0.3 is 0 Å². The molecule has 7 nitrogen and oxygen atoms in total. The fourth-order valence-corrected chi connectivity index (χ4v) is 2.45. The summed E-state index contributed by atoms with van der Waals surface area (Å²) in [5.74, 6) is -0.0754. The van der Waals surface area contributed by atoms with Crippen molar-refractivity contribution in [3.63, 3.8) is 0 Å². The minimum Gasteiger partial charge on any atom is -0.384 e. The number of anilines is 1. The van der Waals surface area contributed by atoms with Crippen LogP contribution in [0.3, 0.4) is 0 Å². The molecule has 9 heteroatoms. The maximum absolute atomic E-state index is 11.6. The molecule has 20 heavy (non-hydrogen) atoms. The number of halogens is 1. The summed E-state index contributed by atoms with van der Waals surface area (Å²) in [4.78, 5) is 10.2. The highest BCUT2D eigenvalue weighted by Gasteiger charge is 2.16. The Morgan fingerprint density at radius 1 is 1.40 bits per heavy atom. The van der Waals surface area contributed by atoms with Crippen molar-refractivity contribution < 1.29 is 13.3 Å². The Balaban J connectivity index is 2.80. The van der Waals surface area contributed by atoms with Crippen LogP contribution in [0, 0.1) is 17.0 Å². The van der Waals surface area contributed by atoms with Crippen LogP contribution < -0.4 is 5.32 Å². The van der Waals surface area contributed by atoms with Crippen molar-refractivity contribution in [3.05, 3.63) is 32.8 Å². The van der Waals surface area contributed by atoms with Gasteiger partial charge in [0.1, 0.15) is 5.02 Å². The fourth-order valence-electron chi connectivity index (χ4n) is 1.49. The molecule has 1 rings (SSSR count). The van der Waals surface area contributed by atoms with Crippen LogP contribution in [0.1, 0.15) is 5.56 Å². The molecule has 0 bridgehead atoms. The Morgan fingerprint density at radius 3 is 2.50 bits per heavy atom. The Labute approximate surface area is 122 Å². The SMILES string of the molecule is Cc1cc([N+](=O)[O-])c(Cl)cc1NCCS(=O)(=O)N(C)C. The van der Waals surface area contributed by atoms with Gasteiger partial charge in [-0.1, -0.05) is 11.6 Å². The molecule has 0 aromatic heterocycles. The number of sulfonamides is 1. The van der Waals surface area contributed by atoms with E-state index in [2.05, 4.69) is 5.32 Å². The zero-order valence-electron chi connectivity index (χ0n) is 11.4. The maximum Gasteiger partial charge on any atom is 0.288 e. The van der Waals surface area contributed by atoms with Gasteiger partial charge in [0.2, 0.25) is 10.0 Å². The van der Waals surface area contributed by atoms with Crippen LogP contribution in [0.25, 0.3) is 0 Å². The van der Waals surface area contributed by atoms with Gasteiger partial charge in [0, 0.05) is 32.4 Å². The first-order valence-electron chi connectivity index (χ1n) is 5.74. The third kappa shape index (κ3) is 4.06. The van der Waals surface area contributed by atoms with Crippen LogP contribution in [0.2, 0.25) is 5.02 Å². The summed E-state index contributed by atoms with van der Waals surface area (Å²) in [6.07, 6.45) is 0. The molecule has 0 saturated heterocycles. The lowest BCUT2D eigenvalue weighted by Gasteiger charge is -2.13. The van der Waals surface area contributed by atoms with E-state index < -0.39 is 14.9 Å². The van der Waals surface area contributed by atoms with E-state index in [-0.39, 0.29) is 23.0 Å². The van der Waals surface area contributed by atoms with E-state index in [1.54, 1.807) is 6.92 Å². The van der Waals surface area contributed by atoms with E-state index in [1.807, 2.05) is 0 Å². The van der Waals surface area contributed by atoms with E-state index in [0.717, 1.165) is 4.31 Å². The Bertz CT molecular complexity index is 616. The third-order valence-electron chi connectivity index (χ3n) is 2.72. The predicted octanol–water partition coefficient (Wildman–Crippen LogP) is 1.86. The van der Waals surface area contributed by atoms with Crippen LogP contribution in [0.15, 0.2) is 12.1 Å². The van der Waals surface area contributed by atoms with Gasteiger partial charge < -0.3 is 5.32 Å². The second-order valence-corrected chi connectivity index (χ2v) is 7.11. The number of rotatable bonds is 6. The van der Waals surface area contributed by atoms with Gasteiger partial charge in [0.15, 0.2) is 0 Å². The number of nitrogens with one attached hydrogen (secondary N) is 1. The molecule has 0 radical (unpaired) electrons. The van der Waals surface area contributed by atoms with Crippen LogP contribution in [-0.4, -0.2) is 44.0 Å². The third-order valence-corrected chi connectivity index (χ3v) is 4.86. The quantitative estimate of drug-likeness (QED) is 0.637. The Kier molecular flexibility index (Phi) is 5.32. The average Bonchev–Trinajstić information content (AvgIpc) is 2.32. The van der Waals surface area contributed by atoms with Crippen molar-refractivity contribution in [2.75, 3.05) is 31.7 Å². The Morgan fingerprint density at radius 2 is 2.00 bits per heavy atom. The van der Waals surface area contributed by atoms with Crippen molar-refractivity contribution in [1.82, 2.24) is 4.31 Å². The summed E-state index contributed by atoms with van der Waals surface area (Å²) in [6, 6.07) is 2.78. The first-order valence-corrected chi connectivity index (χ1v) is 7.72. The number of nitrogens with zero attached hydrogens (tertiary/aromatic N) is 2. The van der Waals surface area contributed by atoms with Crippen molar-refractivity contribution in [1.29, 1.82) is 0 Å². The van der Waals surface area contributed by atoms with Crippen molar-refractivity contribution in [2.45, 2.75) is 6.92 Å². The average molecular weight is 322 g/mol. The maximum atomic E-state index is 11.6. The lowest BCUT2D eigenvalue weighted by atomic mass is 10.2. The zero-order chi connectivity index (χ0) is 15.5. The standard InChI is InChI=1S/C11H16ClN3O4S/c1-8-6-11(15(16)17)9(12)7-10(8)13-4-5-20(18,19)14(2)3/h6-7,13H,4-5H2,1-3H3. The fraction of sp³-hybridized carbons (Fsp3) is 0.455. The number of hydrogen-bond acceptors (Lipinski definition) is 5. The molecule has 1 N–H and O–H groups in total. The largest absolute Gasteiger partial charge is 0.384 e. The monoisotopic (exact) mass is 321 g/mol. The molecule has 1 aromatic carbocycles. The molecule has 1 aromatic rings. The van der Waals surface area contributed by atoms with E-state index >= 15 is 0 Å². The molecular weight excluding hydrogens is 306 g/mol. The van der Waals surface area contributed by atoms with Crippen molar-refractivity contribution >= 4 is 33.0 Å². The van der Waals surface area contributed by atoms with E-state index in [1.165, 1.54) is 26.2 Å². The minimum absolute atomic E-state index is 0.0126. The molecule has 112 valence electrons. The summed E-state index contributed by atoms with van der Waals surface area (Å²) in [7, 11) is -0.360. The van der Waals surface area contributed by atoms with E-state index in [0.29, 0.717) is 11.3 Å². The topological polar surface area (TPSA) is 92.5 Å². The van der Waals surface area contributed by atoms with Gasteiger partial charge in [-0.15, -0.1) is 0 Å². The lowest BCUT2D eigenvalue weighted by Crippen LogP contribution is -2.28. The minimum atomic E-state index is -3.28.